The molecule has 38 heavy (non-hydrogen) atoms. The van der Waals surface area contributed by atoms with Crippen molar-refractivity contribution in [3.8, 4) is 0 Å². The van der Waals surface area contributed by atoms with Crippen LogP contribution in [0.25, 0.3) is 0 Å². The van der Waals surface area contributed by atoms with Gasteiger partial charge in [-0.3, -0.25) is 4.79 Å². The highest BCUT2D eigenvalue weighted by Crippen LogP contribution is 2.19. The number of ether oxygens (including phenoxy) is 4. The zero-order valence-electron chi connectivity index (χ0n) is 25.2. The van der Waals surface area contributed by atoms with Gasteiger partial charge in [0.15, 0.2) is 6.29 Å². The van der Waals surface area contributed by atoms with Gasteiger partial charge in [0.25, 0.3) is 0 Å². The standard InChI is InChI=1S/C32H62NO5/c1-3-4-5-6-7-8-9-10-11-12-13-14-15-16-19-22-32-37-29-30(38-32)28-36-31(34)21-18-17-20-23-33(2)24-26-35-27-25-33/h30,32H,3-29H2,1-2H3/q+1/t30-,32-/m1/s1. The van der Waals surface area contributed by atoms with Crippen molar-refractivity contribution in [1.29, 1.82) is 0 Å². The van der Waals surface area contributed by atoms with Crippen molar-refractivity contribution in [2.75, 3.05) is 53.1 Å². The number of rotatable bonds is 24. The van der Waals surface area contributed by atoms with Crippen molar-refractivity contribution in [1.82, 2.24) is 0 Å². The summed E-state index contributed by atoms with van der Waals surface area (Å²) in [5, 5.41) is 0. The maximum Gasteiger partial charge on any atom is 0.305 e. The van der Waals surface area contributed by atoms with E-state index in [9.17, 15) is 4.79 Å². The van der Waals surface area contributed by atoms with Crippen LogP contribution in [0, 0.1) is 0 Å². The fourth-order valence-corrected chi connectivity index (χ4v) is 5.63. The first-order valence-electron chi connectivity index (χ1n) is 16.5. The average Bonchev–Trinajstić information content (AvgIpc) is 3.37. The maximum atomic E-state index is 12.1. The first-order chi connectivity index (χ1) is 18.6. The molecular weight excluding hydrogens is 478 g/mol. The second-order valence-electron chi connectivity index (χ2n) is 12.2. The molecule has 0 aromatic heterocycles. The molecule has 0 aromatic carbocycles. The molecular formula is C32H62NO5+. The summed E-state index contributed by atoms with van der Waals surface area (Å²) in [6.07, 6.45) is 25.0. The van der Waals surface area contributed by atoms with Crippen LogP contribution in [0.2, 0.25) is 0 Å². The third-order valence-electron chi connectivity index (χ3n) is 8.42. The molecule has 0 bridgehead atoms. The number of unbranched alkanes of at least 4 members (excludes halogenated alkanes) is 16. The summed E-state index contributed by atoms with van der Waals surface area (Å²) >= 11 is 0. The fourth-order valence-electron chi connectivity index (χ4n) is 5.63. The fraction of sp³-hybridized carbons (Fsp3) is 0.969. The number of esters is 1. The van der Waals surface area contributed by atoms with Crippen LogP contribution in [0.3, 0.4) is 0 Å². The summed E-state index contributed by atoms with van der Waals surface area (Å²) in [7, 11) is 2.31. The largest absolute Gasteiger partial charge is 0.463 e. The van der Waals surface area contributed by atoms with Crippen molar-refractivity contribution >= 4 is 5.97 Å². The molecule has 0 radical (unpaired) electrons. The minimum atomic E-state index is -0.120. The van der Waals surface area contributed by atoms with Crippen LogP contribution in [-0.4, -0.2) is 76.0 Å². The van der Waals surface area contributed by atoms with Gasteiger partial charge in [0, 0.05) is 6.42 Å². The zero-order valence-corrected chi connectivity index (χ0v) is 25.2. The Bertz CT molecular complexity index is 566. The van der Waals surface area contributed by atoms with Gasteiger partial charge in [-0.05, 0) is 32.1 Å². The van der Waals surface area contributed by atoms with Crippen LogP contribution in [-0.2, 0) is 23.7 Å². The molecule has 224 valence electrons. The quantitative estimate of drug-likeness (QED) is 0.0718. The molecule has 0 spiro atoms. The third-order valence-corrected chi connectivity index (χ3v) is 8.42. The lowest BCUT2D eigenvalue weighted by Gasteiger charge is -2.37. The molecule has 6 heteroatoms. The van der Waals surface area contributed by atoms with E-state index in [-0.39, 0.29) is 18.4 Å². The van der Waals surface area contributed by atoms with Crippen LogP contribution in [0.1, 0.15) is 135 Å². The third kappa shape index (κ3) is 17.1. The van der Waals surface area contributed by atoms with Crippen LogP contribution >= 0.6 is 0 Å². The minimum absolute atomic E-state index is 0.105. The highest BCUT2D eigenvalue weighted by Gasteiger charge is 2.27. The molecule has 2 saturated heterocycles. The van der Waals surface area contributed by atoms with Gasteiger partial charge < -0.3 is 23.4 Å². The summed E-state index contributed by atoms with van der Waals surface area (Å²) in [6.45, 7) is 8.27. The summed E-state index contributed by atoms with van der Waals surface area (Å²) < 4.78 is 23.7. The summed E-state index contributed by atoms with van der Waals surface area (Å²) in [5.74, 6) is -0.105. The molecule has 2 fully saturated rings. The van der Waals surface area contributed by atoms with Gasteiger partial charge in [-0.25, -0.2) is 0 Å². The highest BCUT2D eigenvalue weighted by molar-refractivity contribution is 5.69. The Balaban J connectivity index is 1.31. The molecule has 2 aliphatic rings. The first-order valence-corrected chi connectivity index (χ1v) is 16.5. The van der Waals surface area contributed by atoms with Gasteiger partial charge in [0.1, 0.15) is 25.8 Å². The van der Waals surface area contributed by atoms with E-state index in [0.717, 1.165) is 62.9 Å². The molecule has 0 N–H and O–H groups in total. The van der Waals surface area contributed by atoms with Crippen molar-refractivity contribution < 1.29 is 28.2 Å². The molecule has 0 saturated carbocycles. The number of carbonyl (C=O) groups is 1. The predicted molar refractivity (Wildman–Crippen MR) is 155 cm³/mol. The SMILES string of the molecule is CCCCCCCCCCCCCCCCC[C@@H]1OC[C@@H](COC(=O)CCCCC[N+]2(C)CCOCC2)O1. The number of hydrogen-bond donors (Lipinski definition) is 0. The Kier molecular flexibility index (Phi) is 19.4. The second kappa shape index (κ2) is 22.1. The number of nitrogens with zero attached hydrogens (tertiary/aromatic N) is 1. The lowest BCUT2D eigenvalue weighted by atomic mass is 10.0. The predicted octanol–water partition coefficient (Wildman–Crippen LogP) is 7.57. The first kappa shape index (κ1) is 33.5. The number of likely N-dealkylation sites (N-methyl/N-ethyl adjacent to an activating group) is 1. The van der Waals surface area contributed by atoms with Crippen LogP contribution in [0.4, 0.5) is 0 Å². The Morgan fingerprint density at radius 3 is 1.92 bits per heavy atom. The van der Waals surface area contributed by atoms with Crippen molar-refractivity contribution in [2.24, 2.45) is 0 Å². The number of carbonyl (C=O) groups excluding carboxylic acids is 1. The monoisotopic (exact) mass is 540 g/mol. The maximum absolute atomic E-state index is 12.1. The lowest BCUT2D eigenvalue weighted by Crippen LogP contribution is -2.52. The molecule has 2 atom stereocenters. The minimum Gasteiger partial charge on any atom is -0.463 e. The summed E-state index contributed by atoms with van der Waals surface area (Å²) in [6, 6.07) is 0. The van der Waals surface area contributed by atoms with E-state index < -0.39 is 0 Å². The van der Waals surface area contributed by atoms with E-state index in [0.29, 0.717) is 19.6 Å². The van der Waals surface area contributed by atoms with Crippen LogP contribution in [0.15, 0.2) is 0 Å². The number of hydrogen-bond acceptors (Lipinski definition) is 5. The van der Waals surface area contributed by atoms with Gasteiger partial charge in [0.05, 0.1) is 33.4 Å². The highest BCUT2D eigenvalue weighted by atomic mass is 16.7. The smallest absolute Gasteiger partial charge is 0.305 e. The summed E-state index contributed by atoms with van der Waals surface area (Å²) in [5.41, 5.74) is 0. The molecule has 2 heterocycles. The molecule has 0 aromatic rings. The van der Waals surface area contributed by atoms with E-state index in [2.05, 4.69) is 14.0 Å². The molecule has 2 aliphatic heterocycles. The molecule has 2 rings (SSSR count). The van der Waals surface area contributed by atoms with Gasteiger partial charge in [0.2, 0.25) is 0 Å². The van der Waals surface area contributed by atoms with E-state index in [1.165, 1.54) is 96.4 Å². The van der Waals surface area contributed by atoms with Crippen LogP contribution < -0.4 is 0 Å². The molecule has 0 unspecified atom stereocenters. The Morgan fingerprint density at radius 1 is 0.763 bits per heavy atom. The van der Waals surface area contributed by atoms with Gasteiger partial charge in [-0.15, -0.1) is 0 Å². The van der Waals surface area contributed by atoms with E-state index in [4.69, 9.17) is 18.9 Å². The van der Waals surface area contributed by atoms with E-state index >= 15 is 0 Å². The number of quaternary nitrogens is 1. The Hall–Kier alpha value is -0.690. The lowest BCUT2D eigenvalue weighted by molar-refractivity contribution is -0.917. The Morgan fingerprint density at radius 2 is 1.32 bits per heavy atom. The van der Waals surface area contributed by atoms with Crippen molar-refractivity contribution in [3.05, 3.63) is 0 Å². The van der Waals surface area contributed by atoms with Crippen molar-refractivity contribution in [3.63, 3.8) is 0 Å². The van der Waals surface area contributed by atoms with E-state index in [1.807, 2.05) is 0 Å². The topological polar surface area (TPSA) is 54.0 Å². The average molecular weight is 541 g/mol. The molecule has 0 amide bonds. The number of morpholine rings is 1. The second-order valence-corrected chi connectivity index (χ2v) is 12.2. The van der Waals surface area contributed by atoms with Crippen molar-refractivity contribution in [2.45, 2.75) is 148 Å². The normalized spacial score (nSPS) is 21.1. The zero-order chi connectivity index (χ0) is 27.2. The van der Waals surface area contributed by atoms with E-state index in [1.54, 1.807) is 0 Å². The molecule has 0 aliphatic carbocycles. The van der Waals surface area contributed by atoms with Gasteiger partial charge >= 0.3 is 5.97 Å². The van der Waals surface area contributed by atoms with Gasteiger partial charge in [-0.1, -0.05) is 96.8 Å². The van der Waals surface area contributed by atoms with Crippen LogP contribution in [0.5, 0.6) is 0 Å². The molecule has 6 nitrogen and oxygen atoms in total. The summed E-state index contributed by atoms with van der Waals surface area (Å²) in [4.78, 5) is 12.1. The van der Waals surface area contributed by atoms with Gasteiger partial charge in [-0.2, -0.15) is 0 Å². The Labute approximate surface area is 235 Å².